The number of amides is 2. The second-order valence-electron chi connectivity index (χ2n) is 1.49. The average molecular weight is 144 g/mol. The molecule has 0 unspecified atom stereocenters. The third-order valence-electron chi connectivity index (χ3n) is 0.867. The van der Waals surface area contributed by atoms with E-state index in [-0.39, 0.29) is 0 Å². The molecule has 0 aliphatic carbocycles. The van der Waals surface area contributed by atoms with Crippen molar-refractivity contribution >= 4 is 17.6 Å². The fourth-order valence-corrected chi connectivity index (χ4v) is 0.330. The first-order valence-corrected chi connectivity index (χ1v) is 2.61. The number of carbonyl (C=O) groups is 3. The van der Waals surface area contributed by atoms with Crippen LogP contribution in [-0.4, -0.2) is 31.7 Å². The summed E-state index contributed by atoms with van der Waals surface area (Å²) in [5.41, 5.74) is 0. The van der Waals surface area contributed by atoms with E-state index in [1.165, 1.54) is 14.1 Å². The second kappa shape index (κ2) is 3.60. The molecule has 0 atom stereocenters. The molecular weight excluding hydrogens is 136 g/mol. The Morgan fingerprint density at radius 2 is 1.20 bits per heavy atom. The minimum atomic E-state index is -1.08. The van der Waals surface area contributed by atoms with Gasteiger partial charge in [0, 0.05) is 14.1 Å². The highest BCUT2D eigenvalue weighted by Crippen LogP contribution is 1.70. The highest BCUT2D eigenvalue weighted by atomic mass is 16.2. The number of likely N-dealkylation sites (N-methyl/N-ethyl adjacent to an activating group) is 2. The van der Waals surface area contributed by atoms with Gasteiger partial charge in [-0.2, -0.15) is 0 Å². The molecule has 0 heterocycles. The molecule has 56 valence electrons. The fourth-order valence-electron chi connectivity index (χ4n) is 0.330. The molecule has 0 saturated carbocycles. The monoisotopic (exact) mass is 144 g/mol. The first-order valence-electron chi connectivity index (χ1n) is 2.61. The first kappa shape index (κ1) is 8.61. The zero-order valence-corrected chi connectivity index (χ0v) is 5.72. The van der Waals surface area contributed by atoms with Crippen molar-refractivity contribution in [1.29, 1.82) is 0 Å². The van der Waals surface area contributed by atoms with Gasteiger partial charge in [-0.15, -0.1) is 0 Å². The number of nitrogens with one attached hydrogen (secondary N) is 2. The molecule has 2 N–H and O–H groups in total. The van der Waals surface area contributed by atoms with Crippen LogP contribution in [0.1, 0.15) is 0 Å². The van der Waals surface area contributed by atoms with E-state index in [0.717, 1.165) is 0 Å². The summed E-state index contributed by atoms with van der Waals surface area (Å²) in [6.07, 6.45) is 0. The Labute approximate surface area is 57.8 Å². The molecule has 0 rings (SSSR count). The lowest BCUT2D eigenvalue weighted by molar-refractivity contribution is -0.145. The van der Waals surface area contributed by atoms with Gasteiger partial charge in [-0.05, 0) is 0 Å². The molecule has 0 aromatic rings. The van der Waals surface area contributed by atoms with E-state index < -0.39 is 17.6 Å². The summed E-state index contributed by atoms with van der Waals surface area (Å²) in [5.74, 6) is -2.89. The van der Waals surface area contributed by atoms with Crippen LogP contribution in [0.4, 0.5) is 0 Å². The number of ketones is 1. The van der Waals surface area contributed by atoms with Crippen molar-refractivity contribution < 1.29 is 14.4 Å². The van der Waals surface area contributed by atoms with Crippen LogP contribution in [-0.2, 0) is 14.4 Å². The molecule has 0 saturated heterocycles. The summed E-state index contributed by atoms with van der Waals surface area (Å²) >= 11 is 0. The molecule has 0 radical (unpaired) electrons. The van der Waals surface area contributed by atoms with Crippen molar-refractivity contribution in [2.45, 2.75) is 0 Å². The maximum Gasteiger partial charge on any atom is 0.307 e. The Bertz CT molecular complexity index is 158. The van der Waals surface area contributed by atoms with Crippen molar-refractivity contribution in [3.63, 3.8) is 0 Å². The van der Waals surface area contributed by atoms with E-state index in [2.05, 4.69) is 0 Å². The van der Waals surface area contributed by atoms with Crippen LogP contribution in [0, 0.1) is 0 Å². The van der Waals surface area contributed by atoms with Crippen molar-refractivity contribution in [1.82, 2.24) is 10.6 Å². The van der Waals surface area contributed by atoms with Crippen molar-refractivity contribution in [2.24, 2.45) is 0 Å². The molecule has 2 amide bonds. The third-order valence-corrected chi connectivity index (χ3v) is 0.867. The van der Waals surface area contributed by atoms with Crippen LogP contribution >= 0.6 is 0 Å². The topological polar surface area (TPSA) is 75.3 Å². The predicted octanol–water partition coefficient (Wildman–Crippen LogP) is -1.95. The second-order valence-corrected chi connectivity index (χ2v) is 1.49. The summed E-state index contributed by atoms with van der Waals surface area (Å²) < 4.78 is 0. The first-order chi connectivity index (χ1) is 4.63. The number of rotatable bonds is 2. The van der Waals surface area contributed by atoms with Gasteiger partial charge in [-0.25, -0.2) is 0 Å². The van der Waals surface area contributed by atoms with Gasteiger partial charge < -0.3 is 10.6 Å². The summed E-state index contributed by atoms with van der Waals surface area (Å²) in [7, 11) is 2.56. The molecule has 0 aliphatic rings. The van der Waals surface area contributed by atoms with Gasteiger partial charge in [-0.3, -0.25) is 14.4 Å². The number of hydrogen-bond acceptors (Lipinski definition) is 3. The maximum atomic E-state index is 10.5. The molecule has 0 aromatic carbocycles. The molecule has 0 bridgehead atoms. The summed E-state index contributed by atoms with van der Waals surface area (Å²) in [6.45, 7) is 0. The highest BCUT2D eigenvalue weighted by molar-refractivity contribution is 6.62. The minimum Gasteiger partial charge on any atom is -0.352 e. The summed E-state index contributed by atoms with van der Waals surface area (Å²) in [4.78, 5) is 31.3. The van der Waals surface area contributed by atoms with Crippen LogP contribution < -0.4 is 10.6 Å². The van der Waals surface area contributed by atoms with Gasteiger partial charge in [0.2, 0.25) is 0 Å². The van der Waals surface area contributed by atoms with Crippen LogP contribution in [0.15, 0.2) is 0 Å². The van der Waals surface area contributed by atoms with Crippen molar-refractivity contribution in [3.05, 3.63) is 0 Å². The molecular formula is C5H8N2O3. The van der Waals surface area contributed by atoms with Crippen LogP contribution in [0.25, 0.3) is 0 Å². The van der Waals surface area contributed by atoms with E-state index >= 15 is 0 Å². The fraction of sp³-hybridized carbons (Fsp3) is 0.400. The molecule has 0 fully saturated rings. The van der Waals surface area contributed by atoms with Gasteiger partial charge in [0.1, 0.15) is 0 Å². The van der Waals surface area contributed by atoms with Crippen molar-refractivity contribution in [2.75, 3.05) is 14.1 Å². The molecule has 0 spiro atoms. The van der Waals surface area contributed by atoms with Gasteiger partial charge in [0.15, 0.2) is 0 Å². The molecule has 0 aliphatic heterocycles. The van der Waals surface area contributed by atoms with Gasteiger partial charge in [0.05, 0.1) is 0 Å². The largest absolute Gasteiger partial charge is 0.352 e. The zero-order chi connectivity index (χ0) is 8.15. The lowest BCUT2D eigenvalue weighted by Crippen LogP contribution is -2.38. The Kier molecular flexibility index (Phi) is 3.10. The van der Waals surface area contributed by atoms with Crippen LogP contribution in [0.5, 0.6) is 0 Å². The molecule has 5 heteroatoms. The number of carbonyl (C=O) groups excluding carboxylic acids is 3. The SMILES string of the molecule is CNC(=O)C(=O)C(=O)NC. The smallest absolute Gasteiger partial charge is 0.307 e. The maximum absolute atomic E-state index is 10.5. The Hall–Kier alpha value is -1.39. The number of hydrogen-bond donors (Lipinski definition) is 2. The van der Waals surface area contributed by atoms with E-state index in [4.69, 9.17) is 0 Å². The van der Waals surface area contributed by atoms with Crippen molar-refractivity contribution in [3.8, 4) is 0 Å². The van der Waals surface area contributed by atoms with Gasteiger partial charge in [0.25, 0.3) is 11.8 Å². The lowest BCUT2D eigenvalue weighted by atomic mass is 10.3. The predicted molar refractivity (Wildman–Crippen MR) is 33.1 cm³/mol. The normalized spacial score (nSPS) is 8.20. The van der Waals surface area contributed by atoms with E-state index in [9.17, 15) is 14.4 Å². The van der Waals surface area contributed by atoms with E-state index in [0.29, 0.717) is 0 Å². The molecule has 5 nitrogen and oxygen atoms in total. The highest BCUT2D eigenvalue weighted by Gasteiger charge is 2.18. The molecule has 0 aromatic heterocycles. The Morgan fingerprint density at radius 1 is 0.900 bits per heavy atom. The average Bonchev–Trinajstić information content (AvgIpc) is 2.00. The Balaban J connectivity index is 4.09. The van der Waals surface area contributed by atoms with E-state index in [1.807, 2.05) is 10.6 Å². The zero-order valence-electron chi connectivity index (χ0n) is 5.72. The van der Waals surface area contributed by atoms with E-state index in [1.54, 1.807) is 0 Å². The van der Waals surface area contributed by atoms with Crippen LogP contribution in [0.3, 0.4) is 0 Å². The standard InChI is InChI=1S/C5H8N2O3/c1-6-4(9)3(8)5(10)7-2/h1-2H3,(H,6,9)(H,7,10). The third kappa shape index (κ3) is 1.85. The summed E-state index contributed by atoms with van der Waals surface area (Å²) in [6, 6.07) is 0. The molecule has 10 heavy (non-hydrogen) atoms. The van der Waals surface area contributed by atoms with Gasteiger partial charge in [-0.1, -0.05) is 0 Å². The minimum absolute atomic E-state index is 0.903. The van der Waals surface area contributed by atoms with Crippen LogP contribution in [0.2, 0.25) is 0 Å². The van der Waals surface area contributed by atoms with Gasteiger partial charge >= 0.3 is 5.78 Å². The quantitative estimate of drug-likeness (QED) is 0.349. The lowest BCUT2D eigenvalue weighted by Gasteiger charge is -1.95. The Morgan fingerprint density at radius 3 is 1.40 bits per heavy atom. The summed E-state index contributed by atoms with van der Waals surface area (Å²) in [5, 5.41) is 4.06. The number of Topliss-reactive ketones (excluding diaryl/α,β-unsaturated/α-hetero) is 1.